The van der Waals surface area contributed by atoms with E-state index in [4.69, 9.17) is 14.2 Å². The molecule has 9 nitrogen and oxygen atoms in total. The molecular weight excluding hydrogens is 374 g/mol. The molecule has 1 aromatic carbocycles. The average molecular weight is 399 g/mol. The maximum atomic E-state index is 11.6. The zero-order valence-corrected chi connectivity index (χ0v) is 16.8. The molecule has 2 heterocycles. The van der Waals surface area contributed by atoms with Crippen molar-refractivity contribution in [3.05, 3.63) is 30.3 Å². The fourth-order valence-electron chi connectivity index (χ4n) is 2.78. The number of ether oxygens (including phenoxy) is 3. The number of amides is 1. The van der Waals surface area contributed by atoms with Gasteiger partial charge in [-0.3, -0.25) is 4.79 Å². The highest BCUT2D eigenvalue weighted by atomic mass is 16.5. The summed E-state index contributed by atoms with van der Waals surface area (Å²) in [6.45, 7) is 2.79. The maximum absolute atomic E-state index is 11.6. The van der Waals surface area contributed by atoms with Crippen LogP contribution in [-0.2, 0) is 4.79 Å². The number of hydrogen-bond donors (Lipinski definition) is 1. The molecule has 0 aliphatic rings. The highest BCUT2D eigenvalue weighted by Gasteiger charge is 2.16. The molecule has 3 aromatic rings. The van der Waals surface area contributed by atoms with Gasteiger partial charge in [-0.2, -0.15) is 4.52 Å². The molecule has 9 heteroatoms. The van der Waals surface area contributed by atoms with Crippen LogP contribution in [0, 0.1) is 0 Å². The number of unbranched alkanes of at least 4 members (excludes halogenated alkanes) is 1. The summed E-state index contributed by atoms with van der Waals surface area (Å²) in [4.78, 5) is 11.6. The van der Waals surface area contributed by atoms with E-state index >= 15 is 0 Å². The van der Waals surface area contributed by atoms with Gasteiger partial charge in [-0.25, -0.2) is 0 Å². The Morgan fingerprint density at radius 2 is 2.00 bits per heavy atom. The lowest BCUT2D eigenvalue weighted by molar-refractivity contribution is -0.121. The fourth-order valence-corrected chi connectivity index (χ4v) is 2.78. The SMILES string of the molecule is CCCCC(=O)NCCOc1ccc2nnc(-c3cc(OC)ccc3OC)n2n1. The van der Waals surface area contributed by atoms with Crippen molar-refractivity contribution in [3.8, 4) is 28.8 Å². The number of methoxy groups -OCH3 is 2. The lowest BCUT2D eigenvalue weighted by atomic mass is 10.2. The number of benzene rings is 1. The Balaban J connectivity index is 1.75. The average Bonchev–Trinajstić information content (AvgIpc) is 3.17. The Kier molecular flexibility index (Phi) is 6.83. The molecule has 0 fully saturated rings. The van der Waals surface area contributed by atoms with Crippen molar-refractivity contribution in [3.63, 3.8) is 0 Å². The third-order valence-corrected chi connectivity index (χ3v) is 4.32. The predicted octanol–water partition coefficient (Wildman–Crippen LogP) is 2.49. The second-order valence-electron chi connectivity index (χ2n) is 6.33. The van der Waals surface area contributed by atoms with Crippen molar-refractivity contribution in [2.24, 2.45) is 0 Å². The molecule has 0 bridgehead atoms. The molecule has 0 spiro atoms. The van der Waals surface area contributed by atoms with Crippen molar-refractivity contribution in [2.45, 2.75) is 26.2 Å². The normalized spacial score (nSPS) is 10.7. The molecule has 0 unspecified atom stereocenters. The molecule has 29 heavy (non-hydrogen) atoms. The number of fused-ring (bicyclic) bond motifs is 1. The van der Waals surface area contributed by atoms with Crippen LogP contribution in [0.25, 0.3) is 17.0 Å². The molecule has 0 aliphatic heterocycles. The summed E-state index contributed by atoms with van der Waals surface area (Å²) in [5.74, 6) is 2.24. The Morgan fingerprint density at radius 3 is 2.76 bits per heavy atom. The first-order valence-corrected chi connectivity index (χ1v) is 9.50. The predicted molar refractivity (Wildman–Crippen MR) is 107 cm³/mol. The largest absolute Gasteiger partial charge is 0.497 e. The third-order valence-electron chi connectivity index (χ3n) is 4.32. The van der Waals surface area contributed by atoms with Crippen LogP contribution in [0.4, 0.5) is 0 Å². The van der Waals surface area contributed by atoms with Gasteiger partial charge in [0.05, 0.1) is 26.3 Å². The summed E-state index contributed by atoms with van der Waals surface area (Å²) >= 11 is 0. The zero-order valence-electron chi connectivity index (χ0n) is 16.8. The molecule has 2 aromatic heterocycles. The minimum Gasteiger partial charge on any atom is -0.497 e. The van der Waals surface area contributed by atoms with Crippen LogP contribution in [0.1, 0.15) is 26.2 Å². The van der Waals surface area contributed by atoms with E-state index in [0.717, 1.165) is 12.8 Å². The molecule has 154 valence electrons. The molecule has 1 amide bonds. The van der Waals surface area contributed by atoms with Crippen LogP contribution >= 0.6 is 0 Å². The molecule has 0 radical (unpaired) electrons. The standard InChI is InChI=1S/C20H25N5O4/c1-4-5-6-18(26)21-11-12-29-19-10-9-17-22-23-20(25(17)24-19)15-13-14(27-2)7-8-16(15)28-3/h7-10,13H,4-6,11-12H2,1-3H3,(H,21,26). The van der Waals surface area contributed by atoms with Crippen LogP contribution in [0.15, 0.2) is 30.3 Å². The topological polar surface area (TPSA) is 99.9 Å². The minimum absolute atomic E-state index is 0.0325. The number of nitrogens with one attached hydrogen (secondary N) is 1. The zero-order chi connectivity index (χ0) is 20.6. The summed E-state index contributed by atoms with van der Waals surface area (Å²) in [6.07, 6.45) is 2.41. The van der Waals surface area contributed by atoms with E-state index < -0.39 is 0 Å². The van der Waals surface area contributed by atoms with Gasteiger partial charge in [-0.15, -0.1) is 15.3 Å². The maximum Gasteiger partial charge on any atom is 0.231 e. The molecule has 0 saturated heterocycles. The first kappa shape index (κ1) is 20.4. The number of aromatic nitrogens is 4. The van der Waals surface area contributed by atoms with Crippen molar-refractivity contribution in [2.75, 3.05) is 27.4 Å². The van der Waals surface area contributed by atoms with Crippen LogP contribution in [0.2, 0.25) is 0 Å². The monoisotopic (exact) mass is 399 g/mol. The Bertz CT molecular complexity index is 973. The minimum atomic E-state index is 0.0325. The van der Waals surface area contributed by atoms with Crippen LogP contribution in [0.3, 0.4) is 0 Å². The van der Waals surface area contributed by atoms with Crippen molar-refractivity contribution >= 4 is 11.6 Å². The van der Waals surface area contributed by atoms with E-state index in [1.54, 1.807) is 36.9 Å². The van der Waals surface area contributed by atoms with Crippen LogP contribution in [0.5, 0.6) is 17.4 Å². The first-order valence-electron chi connectivity index (χ1n) is 9.50. The van der Waals surface area contributed by atoms with Gasteiger partial charge in [0.15, 0.2) is 11.5 Å². The number of hydrogen-bond acceptors (Lipinski definition) is 7. The summed E-state index contributed by atoms with van der Waals surface area (Å²) in [5, 5.41) is 15.7. The van der Waals surface area contributed by atoms with Gasteiger partial charge in [-0.05, 0) is 30.7 Å². The second-order valence-corrected chi connectivity index (χ2v) is 6.33. The Hall–Kier alpha value is -3.36. The van der Waals surface area contributed by atoms with Gasteiger partial charge in [0.25, 0.3) is 0 Å². The third kappa shape index (κ3) is 4.92. The molecule has 0 atom stereocenters. The fraction of sp³-hybridized carbons (Fsp3) is 0.400. The number of carbonyl (C=O) groups is 1. The number of nitrogens with zero attached hydrogens (tertiary/aromatic N) is 4. The van der Waals surface area contributed by atoms with Gasteiger partial charge in [0.1, 0.15) is 18.1 Å². The highest BCUT2D eigenvalue weighted by Crippen LogP contribution is 2.32. The summed E-state index contributed by atoms with van der Waals surface area (Å²) in [5.41, 5.74) is 1.28. The molecule has 0 aliphatic carbocycles. The van der Waals surface area contributed by atoms with Gasteiger partial charge < -0.3 is 19.5 Å². The summed E-state index contributed by atoms with van der Waals surface area (Å²) in [7, 11) is 3.18. The van der Waals surface area contributed by atoms with Crippen molar-refractivity contribution in [1.82, 2.24) is 25.1 Å². The lowest BCUT2D eigenvalue weighted by Gasteiger charge is -2.10. The van der Waals surface area contributed by atoms with Crippen LogP contribution in [-0.4, -0.2) is 53.1 Å². The highest BCUT2D eigenvalue weighted by molar-refractivity contribution is 5.75. The quantitative estimate of drug-likeness (QED) is 0.523. The second kappa shape index (κ2) is 9.72. The smallest absolute Gasteiger partial charge is 0.231 e. The Labute approximate surface area is 169 Å². The van der Waals surface area contributed by atoms with E-state index in [2.05, 4.69) is 27.5 Å². The lowest BCUT2D eigenvalue weighted by Crippen LogP contribution is -2.27. The molecule has 3 rings (SSSR count). The van der Waals surface area contributed by atoms with Crippen molar-refractivity contribution < 1.29 is 19.0 Å². The van der Waals surface area contributed by atoms with Gasteiger partial charge in [0.2, 0.25) is 11.8 Å². The molecule has 1 N–H and O–H groups in total. The molecular formula is C20H25N5O4. The number of carbonyl (C=O) groups excluding carboxylic acids is 1. The van der Waals surface area contributed by atoms with Gasteiger partial charge >= 0.3 is 0 Å². The van der Waals surface area contributed by atoms with Gasteiger partial charge in [0, 0.05) is 12.5 Å². The number of rotatable bonds is 10. The van der Waals surface area contributed by atoms with E-state index in [1.807, 2.05) is 12.1 Å². The van der Waals surface area contributed by atoms with E-state index in [-0.39, 0.29) is 5.91 Å². The van der Waals surface area contributed by atoms with E-state index in [0.29, 0.717) is 54.0 Å². The summed E-state index contributed by atoms with van der Waals surface area (Å²) in [6, 6.07) is 8.91. The van der Waals surface area contributed by atoms with Crippen molar-refractivity contribution in [1.29, 1.82) is 0 Å². The molecule has 0 saturated carbocycles. The summed E-state index contributed by atoms with van der Waals surface area (Å²) < 4.78 is 18.0. The van der Waals surface area contributed by atoms with E-state index in [1.165, 1.54) is 0 Å². The first-order chi connectivity index (χ1) is 14.2. The van der Waals surface area contributed by atoms with Gasteiger partial charge in [-0.1, -0.05) is 13.3 Å². The van der Waals surface area contributed by atoms with E-state index in [9.17, 15) is 4.79 Å². The Morgan fingerprint density at radius 1 is 1.14 bits per heavy atom. The van der Waals surface area contributed by atoms with Crippen LogP contribution < -0.4 is 19.5 Å².